The molecule has 4 atom stereocenters. The molecule has 0 aliphatic carbocycles. The molecule has 1 heterocycles. The molecule has 1 aliphatic heterocycles. The first kappa shape index (κ1) is 28.1. The summed E-state index contributed by atoms with van der Waals surface area (Å²) in [6.07, 6.45) is -3.42. The number of carbonyl (C=O) groups excluding carboxylic acids is 6. The van der Waals surface area contributed by atoms with Gasteiger partial charge in [-0.05, 0) is 0 Å². The lowest BCUT2D eigenvalue weighted by Crippen LogP contribution is -2.60. The van der Waals surface area contributed by atoms with E-state index in [2.05, 4.69) is 20.0 Å². The van der Waals surface area contributed by atoms with Crippen LogP contribution in [0.5, 0.6) is 0 Å². The van der Waals surface area contributed by atoms with Crippen LogP contribution in [0.4, 0.5) is 0 Å². The fourth-order valence-corrected chi connectivity index (χ4v) is 2.84. The number of amides is 1. The van der Waals surface area contributed by atoms with E-state index in [1.54, 1.807) is 0 Å². The molecule has 0 aromatic carbocycles. The van der Waals surface area contributed by atoms with Crippen LogP contribution in [0, 0.1) is 0 Å². The van der Waals surface area contributed by atoms with Crippen molar-refractivity contribution in [3.63, 3.8) is 0 Å². The SMILES string of the molecule is COC(=O)C1=CC(=NOC(C)=O)[C@@H](NC(C)=O)[C@H]([C@H](OC(C)=O)[C@@H](COC(C)=O)OC(C)=O)O1. The van der Waals surface area contributed by atoms with Crippen LogP contribution in [0.15, 0.2) is 17.0 Å². The Morgan fingerprint density at radius 1 is 0.971 bits per heavy atom. The van der Waals surface area contributed by atoms with Gasteiger partial charge in [0.2, 0.25) is 11.7 Å². The van der Waals surface area contributed by atoms with Crippen molar-refractivity contribution in [1.82, 2.24) is 5.32 Å². The Hall–Kier alpha value is -3.97. The summed E-state index contributed by atoms with van der Waals surface area (Å²) in [5, 5.41) is 6.13. The van der Waals surface area contributed by atoms with Gasteiger partial charge in [0, 0.05) is 40.7 Å². The molecule has 1 aliphatic rings. The third kappa shape index (κ3) is 8.88. The van der Waals surface area contributed by atoms with Crippen molar-refractivity contribution in [3.8, 4) is 0 Å². The standard InChI is InChI=1S/C20H26N2O12/c1-9(23)21-17-14(22-34-13(5)27)7-15(20(28)29-6)33-19(17)18(32-12(4)26)16(31-11(3)25)8-30-10(2)24/h7,16-19H,8H2,1-6H3,(H,21,23)/t16-,17-,18-,19-/m1/s1. The molecule has 14 heteroatoms. The van der Waals surface area contributed by atoms with Gasteiger partial charge in [0.15, 0.2) is 18.3 Å². The average molecular weight is 486 g/mol. The number of rotatable bonds is 9. The predicted octanol–water partition coefficient (Wildman–Crippen LogP) is -0.708. The van der Waals surface area contributed by atoms with Crippen LogP contribution in [0.3, 0.4) is 0 Å². The van der Waals surface area contributed by atoms with E-state index in [4.69, 9.17) is 18.9 Å². The second kappa shape index (κ2) is 12.9. The molecule has 0 bridgehead atoms. The van der Waals surface area contributed by atoms with Crippen molar-refractivity contribution in [3.05, 3.63) is 11.8 Å². The molecule has 0 fully saturated rings. The van der Waals surface area contributed by atoms with Gasteiger partial charge in [0.1, 0.15) is 18.4 Å². The van der Waals surface area contributed by atoms with Gasteiger partial charge in [-0.25, -0.2) is 9.59 Å². The molecule has 14 nitrogen and oxygen atoms in total. The molecule has 0 saturated carbocycles. The van der Waals surface area contributed by atoms with E-state index in [0.29, 0.717) is 0 Å². The molecule has 0 saturated heterocycles. The van der Waals surface area contributed by atoms with Gasteiger partial charge in [0.05, 0.1) is 7.11 Å². The Balaban J connectivity index is 3.66. The monoisotopic (exact) mass is 486 g/mol. The molecule has 1 amide bonds. The fraction of sp³-hybridized carbons (Fsp3) is 0.550. The maximum atomic E-state index is 12.2. The van der Waals surface area contributed by atoms with Gasteiger partial charge in [-0.1, -0.05) is 5.16 Å². The highest BCUT2D eigenvalue weighted by molar-refractivity contribution is 6.06. The third-order valence-electron chi connectivity index (χ3n) is 3.97. The van der Waals surface area contributed by atoms with E-state index in [9.17, 15) is 28.8 Å². The molecule has 0 radical (unpaired) electrons. The number of hydrogen-bond acceptors (Lipinski definition) is 13. The van der Waals surface area contributed by atoms with Crippen LogP contribution >= 0.6 is 0 Å². The van der Waals surface area contributed by atoms with Crippen LogP contribution in [0.1, 0.15) is 34.6 Å². The quantitative estimate of drug-likeness (QED) is 0.187. The lowest BCUT2D eigenvalue weighted by molar-refractivity contribution is -0.185. The summed E-state index contributed by atoms with van der Waals surface area (Å²) in [5.74, 6) is -5.25. The van der Waals surface area contributed by atoms with E-state index in [0.717, 1.165) is 47.8 Å². The average Bonchev–Trinajstić information content (AvgIpc) is 2.72. The Morgan fingerprint density at radius 3 is 2.06 bits per heavy atom. The van der Waals surface area contributed by atoms with Crippen LogP contribution in [0.25, 0.3) is 0 Å². The van der Waals surface area contributed by atoms with Crippen molar-refractivity contribution in [2.24, 2.45) is 5.16 Å². The molecule has 1 N–H and O–H groups in total. The Labute approximate surface area is 194 Å². The van der Waals surface area contributed by atoms with Gasteiger partial charge in [-0.3, -0.25) is 19.2 Å². The minimum Gasteiger partial charge on any atom is -0.476 e. The molecule has 188 valence electrons. The van der Waals surface area contributed by atoms with Crippen molar-refractivity contribution in [2.75, 3.05) is 13.7 Å². The topological polar surface area (TPSA) is 182 Å². The normalized spacial score (nSPS) is 19.9. The summed E-state index contributed by atoms with van der Waals surface area (Å²) in [6.45, 7) is 4.87. The summed E-state index contributed by atoms with van der Waals surface area (Å²) in [6, 6.07) is -1.29. The fourth-order valence-electron chi connectivity index (χ4n) is 2.84. The van der Waals surface area contributed by atoms with Crippen molar-refractivity contribution in [2.45, 2.75) is 59.0 Å². The van der Waals surface area contributed by atoms with E-state index < -0.39 is 72.5 Å². The molecule has 1 rings (SSSR count). The van der Waals surface area contributed by atoms with E-state index in [1.165, 1.54) is 0 Å². The lowest BCUT2D eigenvalue weighted by atomic mass is 9.94. The lowest BCUT2D eigenvalue weighted by Gasteiger charge is -2.38. The zero-order chi connectivity index (χ0) is 26.0. The molecule has 0 spiro atoms. The number of methoxy groups -OCH3 is 1. The van der Waals surface area contributed by atoms with Crippen LogP contribution in [0.2, 0.25) is 0 Å². The summed E-state index contributed by atoms with van der Waals surface area (Å²) in [4.78, 5) is 75.0. The van der Waals surface area contributed by atoms with Crippen LogP contribution in [-0.4, -0.2) is 79.5 Å². The maximum absolute atomic E-state index is 12.2. The third-order valence-corrected chi connectivity index (χ3v) is 3.97. The maximum Gasteiger partial charge on any atom is 0.373 e. The number of carbonyl (C=O) groups is 6. The molecule has 34 heavy (non-hydrogen) atoms. The smallest absolute Gasteiger partial charge is 0.373 e. The first-order valence-electron chi connectivity index (χ1n) is 9.82. The summed E-state index contributed by atoms with van der Waals surface area (Å²) < 4.78 is 25.7. The van der Waals surface area contributed by atoms with E-state index >= 15 is 0 Å². The van der Waals surface area contributed by atoms with Crippen molar-refractivity contribution in [1.29, 1.82) is 0 Å². The molecular weight excluding hydrogens is 460 g/mol. The Kier molecular flexibility index (Phi) is 10.7. The number of nitrogens with zero attached hydrogens (tertiary/aromatic N) is 1. The highest BCUT2D eigenvalue weighted by Crippen LogP contribution is 2.26. The minimum atomic E-state index is -1.55. The first-order chi connectivity index (χ1) is 15.8. The van der Waals surface area contributed by atoms with Gasteiger partial charge < -0.3 is 33.8 Å². The molecular formula is C20H26N2O12. The number of ether oxygens (including phenoxy) is 5. The predicted molar refractivity (Wildman–Crippen MR) is 110 cm³/mol. The minimum absolute atomic E-state index is 0.187. The zero-order valence-electron chi connectivity index (χ0n) is 19.4. The van der Waals surface area contributed by atoms with Gasteiger partial charge >= 0.3 is 29.8 Å². The largest absolute Gasteiger partial charge is 0.476 e. The van der Waals surface area contributed by atoms with Crippen molar-refractivity contribution < 1.29 is 57.3 Å². The Bertz CT molecular complexity index is 894. The highest BCUT2D eigenvalue weighted by Gasteiger charge is 2.47. The molecule has 0 aromatic heterocycles. The molecule has 0 aromatic rings. The first-order valence-corrected chi connectivity index (χ1v) is 9.82. The second-order valence-electron chi connectivity index (χ2n) is 6.88. The number of nitrogens with one attached hydrogen (secondary N) is 1. The second-order valence-corrected chi connectivity index (χ2v) is 6.88. The van der Waals surface area contributed by atoms with Gasteiger partial charge in [-0.15, -0.1) is 0 Å². The van der Waals surface area contributed by atoms with Crippen LogP contribution in [-0.2, 0) is 57.3 Å². The molecule has 0 unspecified atom stereocenters. The number of hydrogen-bond donors (Lipinski definition) is 1. The summed E-state index contributed by atoms with van der Waals surface area (Å²) >= 11 is 0. The van der Waals surface area contributed by atoms with Crippen molar-refractivity contribution >= 4 is 41.5 Å². The number of oxime groups is 1. The van der Waals surface area contributed by atoms with E-state index in [-0.39, 0.29) is 5.71 Å². The summed E-state index contributed by atoms with van der Waals surface area (Å²) in [5.41, 5.74) is -0.187. The van der Waals surface area contributed by atoms with Gasteiger partial charge in [0.25, 0.3) is 0 Å². The van der Waals surface area contributed by atoms with Crippen LogP contribution < -0.4 is 5.32 Å². The zero-order valence-corrected chi connectivity index (χ0v) is 19.4. The summed E-state index contributed by atoms with van der Waals surface area (Å²) in [7, 11) is 1.07. The Morgan fingerprint density at radius 2 is 1.59 bits per heavy atom. The highest BCUT2D eigenvalue weighted by atomic mass is 16.7. The number of esters is 4. The van der Waals surface area contributed by atoms with Gasteiger partial charge in [-0.2, -0.15) is 0 Å². The van der Waals surface area contributed by atoms with E-state index in [1.807, 2.05) is 0 Å².